The van der Waals surface area contributed by atoms with E-state index in [2.05, 4.69) is 12.1 Å². The van der Waals surface area contributed by atoms with Crippen LogP contribution >= 0.6 is 0 Å². The fraction of sp³-hybridized carbons (Fsp3) is 0.867. The highest BCUT2D eigenvalue weighted by molar-refractivity contribution is 6.06. The van der Waals surface area contributed by atoms with Gasteiger partial charge in [0.15, 0.2) is 5.84 Å². The highest BCUT2D eigenvalue weighted by atomic mass is 16.4. The minimum absolute atomic E-state index is 0.0324. The first kappa shape index (κ1) is 18.7. The Kier molecular flexibility index (Phi) is 7.03. The largest absolute Gasteiger partial charge is 0.409 e. The summed E-state index contributed by atoms with van der Waals surface area (Å²) in [5.41, 5.74) is 4.76. The third kappa shape index (κ3) is 3.64. The lowest BCUT2D eigenvalue weighted by Gasteiger charge is -2.42. The van der Waals surface area contributed by atoms with Crippen molar-refractivity contribution in [3.8, 4) is 0 Å². The molecule has 0 aromatic heterocycles. The third-order valence-electron chi connectivity index (χ3n) is 4.44. The van der Waals surface area contributed by atoms with Crippen LogP contribution in [0.25, 0.3) is 0 Å². The summed E-state index contributed by atoms with van der Waals surface area (Å²) in [6.07, 6.45) is 3.66. The Hall–Kier alpha value is -1.26. The second kappa shape index (κ2) is 7.50. The second-order valence-corrected chi connectivity index (χ2v) is 6.10. The van der Waals surface area contributed by atoms with Gasteiger partial charge < -0.3 is 15.8 Å². The van der Waals surface area contributed by atoms with E-state index >= 15 is 0 Å². The molecule has 20 heavy (non-hydrogen) atoms. The summed E-state index contributed by atoms with van der Waals surface area (Å²) in [5, 5.41) is 12.3. The molecule has 0 unspecified atom stereocenters. The molecule has 0 aliphatic rings. The molecule has 0 bridgehead atoms. The van der Waals surface area contributed by atoms with Gasteiger partial charge in [0.25, 0.3) is 0 Å². The number of amides is 1. The number of oxime groups is 1. The summed E-state index contributed by atoms with van der Waals surface area (Å²) in [6.45, 7) is 10.1. The van der Waals surface area contributed by atoms with Crippen LogP contribution < -0.4 is 5.73 Å². The van der Waals surface area contributed by atoms with Crippen LogP contribution in [0.3, 0.4) is 0 Å². The fourth-order valence-corrected chi connectivity index (χ4v) is 2.49. The van der Waals surface area contributed by atoms with Crippen molar-refractivity contribution in [1.29, 1.82) is 0 Å². The number of hydrogen-bond acceptors (Lipinski definition) is 3. The molecule has 0 aromatic rings. The van der Waals surface area contributed by atoms with Crippen molar-refractivity contribution in [2.24, 2.45) is 16.3 Å². The molecule has 5 heteroatoms. The molecule has 0 saturated heterocycles. The first-order valence-corrected chi connectivity index (χ1v) is 7.49. The molecule has 0 atom stereocenters. The molecule has 0 aliphatic carbocycles. The van der Waals surface area contributed by atoms with Crippen molar-refractivity contribution >= 4 is 11.7 Å². The van der Waals surface area contributed by atoms with Crippen LogP contribution in [-0.2, 0) is 4.79 Å². The maximum absolute atomic E-state index is 13.0. The van der Waals surface area contributed by atoms with E-state index < -0.39 is 5.41 Å². The Morgan fingerprint density at radius 3 is 1.95 bits per heavy atom. The number of rotatable bonds is 8. The van der Waals surface area contributed by atoms with Crippen LogP contribution in [0.5, 0.6) is 0 Å². The molecule has 0 aromatic carbocycles. The Morgan fingerprint density at radius 1 is 1.20 bits per heavy atom. The fourth-order valence-electron chi connectivity index (χ4n) is 2.49. The van der Waals surface area contributed by atoms with Gasteiger partial charge in [0, 0.05) is 12.6 Å². The quantitative estimate of drug-likeness (QED) is 0.311. The van der Waals surface area contributed by atoms with Crippen LogP contribution in [0.15, 0.2) is 5.16 Å². The Labute approximate surface area is 123 Å². The van der Waals surface area contributed by atoms with Crippen LogP contribution in [0.2, 0.25) is 0 Å². The van der Waals surface area contributed by atoms with Crippen molar-refractivity contribution in [3.05, 3.63) is 0 Å². The molecule has 118 valence electrons. The first-order valence-electron chi connectivity index (χ1n) is 7.49. The van der Waals surface area contributed by atoms with E-state index in [1.165, 1.54) is 0 Å². The van der Waals surface area contributed by atoms with Crippen molar-refractivity contribution in [2.45, 2.75) is 72.3 Å². The number of carbonyl (C=O) groups excluding carboxylic acids is 1. The van der Waals surface area contributed by atoms with Crippen molar-refractivity contribution in [2.75, 3.05) is 7.05 Å². The SMILES string of the molecule is CCCC(CCC)(C(=O)N(C)C(C)(C)CC)C(N)=NO. The molecule has 1 amide bonds. The summed E-state index contributed by atoms with van der Waals surface area (Å²) in [6, 6.07) is 0. The molecule has 0 heterocycles. The minimum atomic E-state index is -0.889. The van der Waals surface area contributed by atoms with Crippen LogP contribution in [-0.4, -0.2) is 34.4 Å². The molecule has 0 spiro atoms. The van der Waals surface area contributed by atoms with E-state index in [1.54, 1.807) is 11.9 Å². The normalized spacial score (nSPS) is 13.4. The van der Waals surface area contributed by atoms with Gasteiger partial charge in [0.05, 0.1) is 0 Å². The topological polar surface area (TPSA) is 78.9 Å². The number of amidine groups is 1. The lowest BCUT2D eigenvalue weighted by Crippen LogP contribution is -2.55. The number of nitrogens with two attached hydrogens (primary N) is 1. The third-order valence-corrected chi connectivity index (χ3v) is 4.44. The lowest BCUT2D eigenvalue weighted by molar-refractivity contribution is -0.143. The van der Waals surface area contributed by atoms with Crippen LogP contribution in [0.1, 0.15) is 66.7 Å². The number of hydrogen-bond donors (Lipinski definition) is 2. The zero-order valence-electron chi connectivity index (χ0n) is 13.9. The van der Waals surface area contributed by atoms with Gasteiger partial charge in [-0.3, -0.25) is 4.79 Å². The first-order chi connectivity index (χ1) is 9.23. The highest BCUT2D eigenvalue weighted by Crippen LogP contribution is 2.35. The molecule has 0 fully saturated rings. The average Bonchev–Trinajstić information content (AvgIpc) is 2.44. The van der Waals surface area contributed by atoms with Crippen LogP contribution in [0, 0.1) is 5.41 Å². The van der Waals surface area contributed by atoms with E-state index in [9.17, 15) is 4.79 Å². The van der Waals surface area contributed by atoms with E-state index in [-0.39, 0.29) is 17.3 Å². The zero-order chi connectivity index (χ0) is 16.0. The van der Waals surface area contributed by atoms with Gasteiger partial charge >= 0.3 is 0 Å². The molecule has 0 radical (unpaired) electrons. The smallest absolute Gasteiger partial charge is 0.236 e. The molecular weight excluding hydrogens is 254 g/mol. The molecular formula is C15H31N3O2. The maximum atomic E-state index is 13.0. The summed E-state index contributed by atoms with van der Waals surface area (Å²) in [5.74, 6) is -0.0201. The average molecular weight is 285 g/mol. The minimum Gasteiger partial charge on any atom is -0.409 e. The van der Waals surface area contributed by atoms with Gasteiger partial charge in [-0.05, 0) is 33.1 Å². The molecule has 0 aliphatic heterocycles. The van der Waals surface area contributed by atoms with E-state index in [0.717, 1.165) is 19.3 Å². The van der Waals surface area contributed by atoms with E-state index in [1.807, 2.05) is 27.7 Å². The monoisotopic (exact) mass is 285 g/mol. The number of carbonyl (C=O) groups is 1. The highest BCUT2D eigenvalue weighted by Gasteiger charge is 2.45. The van der Waals surface area contributed by atoms with Gasteiger partial charge in [-0.15, -0.1) is 0 Å². The van der Waals surface area contributed by atoms with E-state index in [0.29, 0.717) is 12.8 Å². The molecule has 0 saturated carbocycles. The summed E-state index contributed by atoms with van der Waals surface area (Å²) in [7, 11) is 1.80. The van der Waals surface area contributed by atoms with Crippen molar-refractivity contribution in [3.63, 3.8) is 0 Å². The molecule has 5 nitrogen and oxygen atoms in total. The zero-order valence-corrected chi connectivity index (χ0v) is 13.9. The standard InChI is InChI=1S/C15H31N3O2/c1-7-10-15(11-8-2,12(16)17-20)13(19)18(6)14(4,5)9-3/h20H,7-11H2,1-6H3,(H2,16,17). The van der Waals surface area contributed by atoms with Gasteiger partial charge in [-0.1, -0.05) is 38.8 Å². The Bertz CT molecular complexity index is 345. The molecule has 3 N–H and O–H groups in total. The summed E-state index contributed by atoms with van der Waals surface area (Å²) < 4.78 is 0. The van der Waals surface area contributed by atoms with Crippen LogP contribution in [0.4, 0.5) is 0 Å². The maximum Gasteiger partial charge on any atom is 0.236 e. The van der Waals surface area contributed by atoms with Gasteiger partial charge in [-0.2, -0.15) is 0 Å². The van der Waals surface area contributed by atoms with Gasteiger partial charge in [0.1, 0.15) is 5.41 Å². The predicted octanol–water partition coefficient (Wildman–Crippen LogP) is 2.97. The lowest BCUT2D eigenvalue weighted by atomic mass is 9.76. The Morgan fingerprint density at radius 2 is 1.65 bits per heavy atom. The van der Waals surface area contributed by atoms with Gasteiger partial charge in [-0.25, -0.2) is 0 Å². The second-order valence-electron chi connectivity index (χ2n) is 6.10. The van der Waals surface area contributed by atoms with Gasteiger partial charge in [0.2, 0.25) is 5.91 Å². The molecule has 0 rings (SSSR count). The summed E-state index contributed by atoms with van der Waals surface area (Å²) >= 11 is 0. The Balaban J connectivity index is 5.68. The van der Waals surface area contributed by atoms with E-state index in [4.69, 9.17) is 10.9 Å². The van der Waals surface area contributed by atoms with Crippen molar-refractivity contribution < 1.29 is 10.0 Å². The summed E-state index contributed by atoms with van der Waals surface area (Å²) in [4.78, 5) is 14.8. The predicted molar refractivity (Wildman–Crippen MR) is 82.8 cm³/mol. The van der Waals surface area contributed by atoms with Crippen molar-refractivity contribution in [1.82, 2.24) is 4.90 Å². The number of nitrogens with zero attached hydrogens (tertiary/aromatic N) is 2.